The minimum absolute atomic E-state index is 0.0673. The van der Waals surface area contributed by atoms with E-state index in [9.17, 15) is 4.79 Å². The lowest BCUT2D eigenvalue weighted by atomic mass is 10.1. The molecule has 1 aromatic carbocycles. The van der Waals surface area contributed by atoms with Crippen molar-refractivity contribution >= 4 is 34.1 Å². The average Bonchev–Trinajstić information content (AvgIpc) is 1.96. The lowest BCUT2D eigenvalue weighted by molar-refractivity contribution is 0.101. The van der Waals surface area contributed by atoms with Crippen LogP contribution in [0.15, 0.2) is 12.1 Å². The Morgan fingerprint density at radius 1 is 1.50 bits per heavy atom. The van der Waals surface area contributed by atoms with Gasteiger partial charge in [0, 0.05) is 14.8 Å². The number of hydrogen-bond acceptors (Lipinski definition) is 2. The summed E-state index contributed by atoms with van der Waals surface area (Å²) in [5, 5.41) is 0. The molecule has 0 aliphatic heterocycles. The van der Waals surface area contributed by atoms with Crippen molar-refractivity contribution in [1.29, 1.82) is 0 Å². The second-order valence-electron chi connectivity index (χ2n) is 2.73. The van der Waals surface area contributed by atoms with E-state index in [0.717, 1.165) is 14.7 Å². The highest BCUT2D eigenvalue weighted by atomic mass is 127. The Kier molecular flexibility index (Phi) is 2.72. The second kappa shape index (κ2) is 3.43. The first kappa shape index (κ1) is 9.51. The summed E-state index contributed by atoms with van der Waals surface area (Å²) in [4.78, 5) is 11.1. The van der Waals surface area contributed by atoms with Gasteiger partial charge in [0.05, 0.1) is 0 Å². The number of Topliss-reactive ketones (excluding diaryl/α,β-unsaturated/α-hetero) is 1. The van der Waals surface area contributed by atoms with Gasteiger partial charge in [-0.3, -0.25) is 4.79 Å². The third kappa shape index (κ3) is 1.77. The fraction of sp³-hybridized carbons (Fsp3) is 0.222. The number of hydrogen-bond donors (Lipinski definition) is 1. The summed E-state index contributed by atoms with van der Waals surface area (Å²) in [6.07, 6.45) is 0. The molecule has 64 valence electrons. The van der Waals surface area contributed by atoms with E-state index in [-0.39, 0.29) is 5.78 Å². The largest absolute Gasteiger partial charge is 0.399 e. The monoisotopic (exact) mass is 275 g/mol. The van der Waals surface area contributed by atoms with E-state index in [2.05, 4.69) is 22.6 Å². The molecule has 0 spiro atoms. The second-order valence-corrected chi connectivity index (χ2v) is 3.89. The van der Waals surface area contributed by atoms with Gasteiger partial charge in [0.2, 0.25) is 0 Å². The number of halogens is 1. The van der Waals surface area contributed by atoms with Gasteiger partial charge in [-0.25, -0.2) is 0 Å². The van der Waals surface area contributed by atoms with Crippen LogP contribution >= 0.6 is 22.6 Å². The Morgan fingerprint density at radius 2 is 2.08 bits per heavy atom. The summed E-state index contributed by atoms with van der Waals surface area (Å²) in [6.45, 7) is 3.48. The summed E-state index contributed by atoms with van der Waals surface area (Å²) in [5.74, 6) is 0.0673. The molecule has 3 heteroatoms. The molecule has 0 saturated heterocycles. The van der Waals surface area contributed by atoms with E-state index in [1.54, 1.807) is 13.0 Å². The minimum Gasteiger partial charge on any atom is -0.399 e. The average molecular weight is 275 g/mol. The van der Waals surface area contributed by atoms with Crippen LogP contribution in [0.4, 0.5) is 5.69 Å². The first-order valence-electron chi connectivity index (χ1n) is 3.59. The van der Waals surface area contributed by atoms with Crippen LogP contribution in [0.5, 0.6) is 0 Å². The third-order valence-corrected chi connectivity index (χ3v) is 2.87. The quantitative estimate of drug-likeness (QED) is 0.486. The fourth-order valence-electron chi connectivity index (χ4n) is 1.07. The van der Waals surface area contributed by atoms with Crippen LogP contribution in [0.25, 0.3) is 0 Å². The summed E-state index contributed by atoms with van der Waals surface area (Å²) in [6, 6.07) is 3.59. The van der Waals surface area contributed by atoms with Gasteiger partial charge in [0.1, 0.15) is 0 Å². The molecular formula is C9H10INO. The van der Waals surface area contributed by atoms with Crippen molar-refractivity contribution in [3.8, 4) is 0 Å². The van der Waals surface area contributed by atoms with Gasteiger partial charge in [-0.1, -0.05) is 0 Å². The van der Waals surface area contributed by atoms with Crippen LogP contribution in [-0.2, 0) is 0 Å². The topological polar surface area (TPSA) is 43.1 Å². The molecule has 0 heterocycles. The van der Waals surface area contributed by atoms with Gasteiger partial charge in [-0.05, 0) is 54.1 Å². The zero-order chi connectivity index (χ0) is 9.30. The highest BCUT2D eigenvalue weighted by molar-refractivity contribution is 14.1. The Hall–Kier alpha value is -0.580. The Balaban J connectivity index is 3.37. The molecule has 0 fully saturated rings. The Bertz CT molecular complexity index is 334. The van der Waals surface area contributed by atoms with E-state index in [1.807, 2.05) is 13.0 Å². The van der Waals surface area contributed by atoms with Crippen molar-refractivity contribution in [3.05, 3.63) is 26.8 Å². The first-order valence-corrected chi connectivity index (χ1v) is 4.67. The van der Waals surface area contributed by atoms with Crippen molar-refractivity contribution in [2.45, 2.75) is 13.8 Å². The molecule has 0 aliphatic carbocycles. The number of carbonyl (C=O) groups is 1. The molecule has 0 unspecified atom stereocenters. The van der Waals surface area contributed by atoms with Gasteiger partial charge < -0.3 is 5.73 Å². The smallest absolute Gasteiger partial charge is 0.160 e. The molecule has 2 nitrogen and oxygen atoms in total. The highest BCUT2D eigenvalue weighted by Crippen LogP contribution is 2.20. The zero-order valence-corrected chi connectivity index (χ0v) is 9.18. The normalized spacial score (nSPS) is 9.92. The van der Waals surface area contributed by atoms with Gasteiger partial charge in [0.15, 0.2) is 5.78 Å². The summed E-state index contributed by atoms with van der Waals surface area (Å²) >= 11 is 2.18. The molecule has 0 amide bonds. The highest BCUT2D eigenvalue weighted by Gasteiger charge is 2.07. The minimum atomic E-state index is 0.0673. The Labute approximate surface area is 85.3 Å². The maximum atomic E-state index is 11.1. The standard InChI is InChI=1S/C9H10INO/c1-5-8(6(2)12)3-7(11)4-9(5)10/h3-4H,11H2,1-2H3. The molecule has 1 rings (SSSR count). The van der Waals surface area contributed by atoms with E-state index >= 15 is 0 Å². The van der Waals surface area contributed by atoms with E-state index in [0.29, 0.717) is 5.69 Å². The first-order chi connectivity index (χ1) is 5.52. The molecule has 0 aliphatic rings. The van der Waals surface area contributed by atoms with Crippen molar-refractivity contribution in [1.82, 2.24) is 0 Å². The lowest BCUT2D eigenvalue weighted by Gasteiger charge is -2.05. The molecule has 0 saturated carbocycles. The molecule has 1 aromatic rings. The predicted octanol–water partition coefficient (Wildman–Crippen LogP) is 2.38. The number of nitrogen functional groups attached to an aromatic ring is 1. The van der Waals surface area contributed by atoms with Crippen LogP contribution in [0.3, 0.4) is 0 Å². The van der Waals surface area contributed by atoms with Crippen molar-refractivity contribution in [3.63, 3.8) is 0 Å². The zero-order valence-electron chi connectivity index (χ0n) is 7.02. The predicted molar refractivity (Wildman–Crippen MR) is 58.3 cm³/mol. The summed E-state index contributed by atoms with van der Waals surface area (Å²) in [5.41, 5.74) is 7.99. The van der Waals surface area contributed by atoms with Gasteiger partial charge in [0.25, 0.3) is 0 Å². The van der Waals surface area contributed by atoms with Crippen LogP contribution in [0.2, 0.25) is 0 Å². The van der Waals surface area contributed by atoms with Gasteiger partial charge >= 0.3 is 0 Å². The number of anilines is 1. The lowest BCUT2D eigenvalue weighted by Crippen LogP contribution is -2.00. The van der Waals surface area contributed by atoms with E-state index in [4.69, 9.17) is 5.73 Å². The van der Waals surface area contributed by atoms with Crippen LogP contribution < -0.4 is 5.73 Å². The van der Waals surface area contributed by atoms with Crippen molar-refractivity contribution in [2.75, 3.05) is 5.73 Å². The molecule has 0 atom stereocenters. The maximum Gasteiger partial charge on any atom is 0.160 e. The number of nitrogens with two attached hydrogens (primary N) is 1. The molecule has 0 bridgehead atoms. The van der Waals surface area contributed by atoms with Crippen molar-refractivity contribution in [2.24, 2.45) is 0 Å². The van der Waals surface area contributed by atoms with Crippen LogP contribution in [0, 0.1) is 10.5 Å². The van der Waals surface area contributed by atoms with Crippen molar-refractivity contribution < 1.29 is 4.79 Å². The number of rotatable bonds is 1. The molecule has 0 radical (unpaired) electrons. The number of benzene rings is 1. The van der Waals surface area contributed by atoms with Crippen LogP contribution in [-0.4, -0.2) is 5.78 Å². The van der Waals surface area contributed by atoms with Gasteiger partial charge in [-0.2, -0.15) is 0 Å². The summed E-state index contributed by atoms with van der Waals surface area (Å²) in [7, 11) is 0. The van der Waals surface area contributed by atoms with E-state index in [1.165, 1.54) is 0 Å². The molecule has 2 N–H and O–H groups in total. The number of carbonyl (C=O) groups excluding carboxylic acids is 1. The van der Waals surface area contributed by atoms with Crippen LogP contribution in [0.1, 0.15) is 22.8 Å². The Morgan fingerprint density at radius 3 is 2.58 bits per heavy atom. The van der Waals surface area contributed by atoms with E-state index < -0.39 is 0 Å². The third-order valence-electron chi connectivity index (χ3n) is 1.75. The molecular weight excluding hydrogens is 265 g/mol. The molecule has 12 heavy (non-hydrogen) atoms. The fourth-order valence-corrected chi connectivity index (χ4v) is 1.72. The maximum absolute atomic E-state index is 11.1. The SMILES string of the molecule is CC(=O)c1cc(N)cc(I)c1C. The number of ketones is 1. The van der Waals surface area contributed by atoms with Gasteiger partial charge in [-0.15, -0.1) is 0 Å². The molecule has 0 aromatic heterocycles. The summed E-state index contributed by atoms with van der Waals surface area (Å²) < 4.78 is 1.04.